The lowest BCUT2D eigenvalue weighted by atomic mass is 10.4. The normalized spacial score (nSPS) is 11.8. The van der Waals surface area contributed by atoms with Crippen molar-refractivity contribution in [3.63, 3.8) is 0 Å². The van der Waals surface area contributed by atoms with Crippen LogP contribution in [0.25, 0.3) is 11.5 Å². The number of imidazole rings is 1. The van der Waals surface area contributed by atoms with E-state index in [-0.39, 0.29) is 16.7 Å². The molecule has 2 aromatic heterocycles. The Balaban J connectivity index is 2.48. The Morgan fingerprint density at radius 1 is 1.12 bits per heavy atom. The number of alkyl halides is 3. The minimum atomic E-state index is -4.44. The summed E-state index contributed by atoms with van der Waals surface area (Å²) in [7, 11) is 1.27. The molecule has 8 heteroatoms. The van der Waals surface area contributed by atoms with Crippen LogP contribution >= 0.6 is 11.6 Å². The molecule has 0 atom stereocenters. The van der Waals surface area contributed by atoms with Gasteiger partial charge in [0, 0.05) is 7.05 Å². The quantitative estimate of drug-likeness (QED) is 0.793. The van der Waals surface area contributed by atoms with Crippen LogP contribution in [0.2, 0.25) is 5.15 Å². The fourth-order valence-electron chi connectivity index (χ4n) is 1.34. The number of rotatable bonds is 1. The van der Waals surface area contributed by atoms with Crippen molar-refractivity contribution in [1.82, 2.24) is 19.5 Å². The zero-order valence-electron chi connectivity index (χ0n) is 8.53. The number of aromatic nitrogens is 4. The SMILES string of the molecule is Cn1c(C(F)(F)F)cnc1-c1cnc(Cl)cn1. The molecule has 0 aliphatic heterocycles. The first-order valence-electron chi connectivity index (χ1n) is 4.46. The number of halogens is 4. The summed E-state index contributed by atoms with van der Waals surface area (Å²) in [5, 5.41) is 0.166. The predicted molar refractivity (Wildman–Crippen MR) is 54.2 cm³/mol. The first-order valence-corrected chi connectivity index (χ1v) is 4.84. The molecule has 0 unspecified atom stereocenters. The van der Waals surface area contributed by atoms with Gasteiger partial charge in [-0.2, -0.15) is 13.2 Å². The highest BCUT2D eigenvalue weighted by Crippen LogP contribution is 2.31. The molecule has 2 aromatic rings. The first kappa shape index (κ1) is 11.8. The van der Waals surface area contributed by atoms with Gasteiger partial charge in [0.15, 0.2) is 5.82 Å². The average Bonchev–Trinajstić information content (AvgIpc) is 2.61. The molecule has 0 bridgehead atoms. The van der Waals surface area contributed by atoms with Crippen LogP contribution in [-0.4, -0.2) is 19.5 Å². The van der Waals surface area contributed by atoms with Gasteiger partial charge < -0.3 is 4.57 Å². The summed E-state index contributed by atoms with van der Waals surface area (Å²) in [6.07, 6.45) is -1.17. The van der Waals surface area contributed by atoms with Crippen molar-refractivity contribution in [1.29, 1.82) is 0 Å². The Hall–Kier alpha value is -1.63. The van der Waals surface area contributed by atoms with E-state index in [1.807, 2.05) is 0 Å². The molecule has 0 amide bonds. The lowest BCUT2D eigenvalue weighted by Gasteiger charge is -2.08. The van der Waals surface area contributed by atoms with Crippen LogP contribution in [0.1, 0.15) is 5.69 Å². The Kier molecular flexibility index (Phi) is 2.78. The van der Waals surface area contributed by atoms with Gasteiger partial charge in [0.25, 0.3) is 0 Å². The van der Waals surface area contributed by atoms with Crippen LogP contribution < -0.4 is 0 Å². The molecule has 0 saturated carbocycles. The van der Waals surface area contributed by atoms with E-state index in [1.165, 1.54) is 19.4 Å². The van der Waals surface area contributed by atoms with E-state index in [0.717, 1.165) is 10.8 Å². The topological polar surface area (TPSA) is 43.6 Å². The van der Waals surface area contributed by atoms with Gasteiger partial charge in [0.1, 0.15) is 16.5 Å². The van der Waals surface area contributed by atoms with E-state index in [9.17, 15) is 13.2 Å². The van der Waals surface area contributed by atoms with E-state index >= 15 is 0 Å². The second-order valence-corrected chi connectivity index (χ2v) is 3.64. The van der Waals surface area contributed by atoms with Crippen LogP contribution in [0, 0.1) is 0 Å². The molecule has 0 radical (unpaired) electrons. The summed E-state index contributed by atoms with van der Waals surface area (Å²) in [6, 6.07) is 0. The van der Waals surface area contributed by atoms with Gasteiger partial charge in [0.2, 0.25) is 0 Å². The summed E-state index contributed by atoms with van der Waals surface area (Å²) in [6.45, 7) is 0. The van der Waals surface area contributed by atoms with Crippen LogP contribution in [0.3, 0.4) is 0 Å². The molecule has 0 aromatic carbocycles. The maximum atomic E-state index is 12.5. The molecule has 0 aliphatic carbocycles. The third-order valence-corrected chi connectivity index (χ3v) is 2.32. The molecule has 17 heavy (non-hydrogen) atoms. The van der Waals surface area contributed by atoms with Crippen molar-refractivity contribution >= 4 is 11.6 Å². The van der Waals surface area contributed by atoms with Crippen LogP contribution in [0.5, 0.6) is 0 Å². The maximum absolute atomic E-state index is 12.5. The molecule has 0 aliphatic rings. The minimum Gasteiger partial charge on any atom is -0.322 e. The van der Waals surface area contributed by atoms with Gasteiger partial charge in [-0.1, -0.05) is 11.6 Å². The van der Waals surface area contributed by atoms with E-state index < -0.39 is 11.9 Å². The van der Waals surface area contributed by atoms with Gasteiger partial charge >= 0.3 is 6.18 Å². The summed E-state index contributed by atoms with van der Waals surface area (Å²) in [5.41, 5.74) is -0.614. The summed E-state index contributed by atoms with van der Waals surface area (Å²) in [5.74, 6) is 0.0847. The summed E-state index contributed by atoms with van der Waals surface area (Å²) >= 11 is 5.54. The van der Waals surface area contributed by atoms with E-state index in [4.69, 9.17) is 11.6 Å². The molecular weight excluding hydrogens is 257 g/mol. The summed E-state index contributed by atoms with van der Waals surface area (Å²) in [4.78, 5) is 11.3. The molecule has 0 fully saturated rings. The number of hydrogen-bond donors (Lipinski definition) is 0. The van der Waals surface area contributed by atoms with Crippen molar-refractivity contribution < 1.29 is 13.2 Å². The zero-order chi connectivity index (χ0) is 12.6. The molecule has 0 spiro atoms. The Morgan fingerprint density at radius 3 is 2.29 bits per heavy atom. The van der Waals surface area contributed by atoms with Crippen LogP contribution in [-0.2, 0) is 13.2 Å². The van der Waals surface area contributed by atoms with Gasteiger partial charge in [-0.15, -0.1) is 0 Å². The van der Waals surface area contributed by atoms with Gasteiger partial charge in [0.05, 0.1) is 18.6 Å². The zero-order valence-corrected chi connectivity index (χ0v) is 9.29. The Morgan fingerprint density at radius 2 is 1.82 bits per heavy atom. The largest absolute Gasteiger partial charge is 0.433 e. The Labute approximate surface area is 99.1 Å². The fourth-order valence-corrected chi connectivity index (χ4v) is 1.44. The molecule has 0 N–H and O–H groups in total. The third kappa shape index (κ3) is 2.23. The van der Waals surface area contributed by atoms with E-state index in [2.05, 4.69) is 15.0 Å². The molecule has 2 heterocycles. The lowest BCUT2D eigenvalue weighted by molar-refractivity contribution is -0.143. The molecule has 90 valence electrons. The molecule has 2 rings (SSSR count). The van der Waals surface area contributed by atoms with Crippen LogP contribution in [0.4, 0.5) is 13.2 Å². The van der Waals surface area contributed by atoms with E-state index in [0.29, 0.717) is 0 Å². The second kappa shape index (κ2) is 3.99. The lowest BCUT2D eigenvalue weighted by Crippen LogP contribution is -2.11. The highest BCUT2D eigenvalue weighted by molar-refractivity contribution is 6.29. The Bertz CT molecular complexity index is 532. The standard InChI is InChI=1S/C9H6ClF3N4/c1-17-6(9(11,12)13)3-16-8(17)5-2-15-7(10)4-14-5/h2-4H,1H3. The number of hydrogen-bond acceptors (Lipinski definition) is 3. The molecule has 0 saturated heterocycles. The van der Waals surface area contributed by atoms with Gasteiger partial charge in [-0.3, -0.25) is 0 Å². The number of nitrogens with zero attached hydrogens (tertiary/aromatic N) is 4. The molecule has 4 nitrogen and oxygen atoms in total. The fraction of sp³-hybridized carbons (Fsp3) is 0.222. The molecular formula is C9H6ClF3N4. The maximum Gasteiger partial charge on any atom is 0.433 e. The van der Waals surface area contributed by atoms with Crippen LogP contribution in [0.15, 0.2) is 18.6 Å². The monoisotopic (exact) mass is 262 g/mol. The van der Waals surface area contributed by atoms with Gasteiger partial charge in [-0.05, 0) is 0 Å². The van der Waals surface area contributed by atoms with Crippen molar-refractivity contribution in [3.8, 4) is 11.5 Å². The van der Waals surface area contributed by atoms with Crippen molar-refractivity contribution in [2.45, 2.75) is 6.18 Å². The third-order valence-electron chi connectivity index (χ3n) is 2.13. The first-order chi connectivity index (χ1) is 7.89. The highest BCUT2D eigenvalue weighted by atomic mass is 35.5. The average molecular weight is 263 g/mol. The van der Waals surface area contributed by atoms with Crippen molar-refractivity contribution in [3.05, 3.63) is 29.4 Å². The second-order valence-electron chi connectivity index (χ2n) is 3.25. The van der Waals surface area contributed by atoms with Gasteiger partial charge in [-0.25, -0.2) is 15.0 Å². The van der Waals surface area contributed by atoms with E-state index in [1.54, 1.807) is 0 Å². The predicted octanol–water partition coefficient (Wildman–Crippen LogP) is 2.55. The highest BCUT2D eigenvalue weighted by Gasteiger charge is 2.35. The smallest absolute Gasteiger partial charge is 0.322 e. The van der Waals surface area contributed by atoms with Crippen molar-refractivity contribution in [2.75, 3.05) is 0 Å². The minimum absolute atomic E-state index is 0.0847. The summed E-state index contributed by atoms with van der Waals surface area (Å²) < 4.78 is 38.5. The van der Waals surface area contributed by atoms with Crippen molar-refractivity contribution in [2.24, 2.45) is 7.05 Å².